The zero-order chi connectivity index (χ0) is 21.3. The summed E-state index contributed by atoms with van der Waals surface area (Å²) in [7, 11) is 1.46. The minimum atomic E-state index is -0.647. The minimum Gasteiger partial charge on any atom is -0.383 e. The van der Waals surface area contributed by atoms with Crippen LogP contribution in [0.5, 0.6) is 0 Å². The van der Waals surface area contributed by atoms with Crippen molar-refractivity contribution in [3.8, 4) is 5.69 Å². The Balaban J connectivity index is 1.98. The fourth-order valence-corrected chi connectivity index (χ4v) is 3.36. The van der Waals surface area contributed by atoms with E-state index in [0.29, 0.717) is 5.56 Å². The van der Waals surface area contributed by atoms with Crippen LogP contribution in [0.15, 0.2) is 64.4 Å². The first-order valence-corrected chi connectivity index (χ1v) is 9.19. The number of methoxy groups -OCH3 is 1. The molecule has 2 heterocycles. The molecule has 4 rings (SSSR count). The number of aromatic nitrogens is 4. The SMILES string of the molecule is COCCn1c(=O)c2c(ncn2Cc2cccc(F)c2)n(-c2cccc(F)c2)c1=O. The molecule has 0 fully saturated rings. The quantitative estimate of drug-likeness (QED) is 0.487. The second kappa shape index (κ2) is 8.03. The Morgan fingerprint density at radius 1 is 1.03 bits per heavy atom. The van der Waals surface area contributed by atoms with Crippen molar-refractivity contribution in [1.82, 2.24) is 18.7 Å². The second-order valence-corrected chi connectivity index (χ2v) is 6.72. The number of rotatable bonds is 6. The smallest absolute Gasteiger partial charge is 0.337 e. The van der Waals surface area contributed by atoms with Crippen molar-refractivity contribution in [2.24, 2.45) is 0 Å². The van der Waals surface area contributed by atoms with Crippen molar-refractivity contribution in [2.75, 3.05) is 13.7 Å². The minimum absolute atomic E-state index is 0.0184. The molecule has 0 aliphatic rings. The van der Waals surface area contributed by atoms with E-state index in [9.17, 15) is 18.4 Å². The summed E-state index contributed by atoms with van der Waals surface area (Å²) in [6.45, 7) is 0.335. The van der Waals surface area contributed by atoms with Crippen LogP contribution in [-0.2, 0) is 17.8 Å². The Kier molecular flexibility index (Phi) is 5.28. The monoisotopic (exact) mass is 412 g/mol. The highest BCUT2D eigenvalue weighted by Crippen LogP contribution is 2.16. The van der Waals surface area contributed by atoms with Crippen LogP contribution in [0, 0.1) is 11.6 Å². The fraction of sp³-hybridized carbons (Fsp3) is 0.190. The van der Waals surface area contributed by atoms with Crippen LogP contribution < -0.4 is 11.2 Å². The molecule has 0 saturated heterocycles. The van der Waals surface area contributed by atoms with Gasteiger partial charge in [0.15, 0.2) is 11.2 Å². The molecule has 0 aliphatic carbocycles. The zero-order valence-corrected chi connectivity index (χ0v) is 16.1. The molecule has 0 atom stereocenters. The first kappa shape index (κ1) is 19.7. The summed E-state index contributed by atoms with van der Waals surface area (Å²) < 4.78 is 36.2. The molecule has 0 unspecified atom stereocenters. The highest BCUT2D eigenvalue weighted by atomic mass is 19.1. The van der Waals surface area contributed by atoms with Crippen LogP contribution in [0.3, 0.4) is 0 Å². The van der Waals surface area contributed by atoms with Gasteiger partial charge in [0.25, 0.3) is 5.56 Å². The van der Waals surface area contributed by atoms with E-state index in [1.54, 1.807) is 22.8 Å². The van der Waals surface area contributed by atoms with Gasteiger partial charge in [0.1, 0.15) is 11.6 Å². The number of nitrogens with zero attached hydrogens (tertiary/aromatic N) is 4. The van der Waals surface area contributed by atoms with Crippen LogP contribution in [0.25, 0.3) is 16.9 Å². The third-order valence-electron chi connectivity index (χ3n) is 4.73. The lowest BCUT2D eigenvalue weighted by Gasteiger charge is -2.12. The van der Waals surface area contributed by atoms with Gasteiger partial charge < -0.3 is 9.30 Å². The predicted molar refractivity (Wildman–Crippen MR) is 107 cm³/mol. The van der Waals surface area contributed by atoms with Gasteiger partial charge in [-0.3, -0.25) is 9.36 Å². The van der Waals surface area contributed by atoms with Crippen molar-refractivity contribution >= 4 is 11.2 Å². The van der Waals surface area contributed by atoms with E-state index in [1.807, 2.05) is 0 Å². The summed E-state index contributed by atoms with van der Waals surface area (Å²) >= 11 is 0. The largest absolute Gasteiger partial charge is 0.383 e. The molecule has 0 radical (unpaired) electrons. The molecule has 154 valence electrons. The van der Waals surface area contributed by atoms with E-state index < -0.39 is 22.9 Å². The molecule has 7 nitrogen and oxygen atoms in total. The van der Waals surface area contributed by atoms with Gasteiger partial charge in [0.2, 0.25) is 0 Å². The number of halogens is 2. The zero-order valence-electron chi connectivity index (χ0n) is 16.1. The number of ether oxygens (including phenoxy) is 1. The number of hydrogen-bond donors (Lipinski definition) is 0. The van der Waals surface area contributed by atoms with Crippen LogP contribution in [0.2, 0.25) is 0 Å². The summed E-state index contributed by atoms with van der Waals surface area (Å²) in [5.74, 6) is -0.924. The van der Waals surface area contributed by atoms with Crippen molar-refractivity contribution in [2.45, 2.75) is 13.1 Å². The molecule has 2 aromatic heterocycles. The van der Waals surface area contributed by atoms with Crippen LogP contribution in [0.4, 0.5) is 8.78 Å². The van der Waals surface area contributed by atoms with E-state index >= 15 is 0 Å². The van der Waals surface area contributed by atoms with Gasteiger partial charge in [-0.05, 0) is 35.9 Å². The normalized spacial score (nSPS) is 11.3. The molecule has 0 bridgehead atoms. The van der Waals surface area contributed by atoms with Gasteiger partial charge in [0.05, 0.1) is 25.2 Å². The topological polar surface area (TPSA) is 71.1 Å². The molecule has 0 N–H and O–H groups in total. The van der Waals surface area contributed by atoms with Crippen LogP contribution in [-0.4, -0.2) is 32.4 Å². The standard InChI is InChI=1S/C21H18F2N4O3/c1-30-9-8-26-20(28)18-19(27(21(26)29)17-7-3-6-16(23)11-17)24-13-25(18)12-14-4-2-5-15(22)10-14/h2-7,10-11,13H,8-9,12H2,1H3. The Labute approximate surface area is 169 Å². The van der Waals surface area contributed by atoms with E-state index in [2.05, 4.69) is 4.98 Å². The van der Waals surface area contributed by atoms with E-state index in [0.717, 1.165) is 4.57 Å². The van der Waals surface area contributed by atoms with Gasteiger partial charge in [-0.2, -0.15) is 0 Å². The summed E-state index contributed by atoms with van der Waals surface area (Å²) in [4.78, 5) is 30.5. The lowest BCUT2D eigenvalue weighted by molar-refractivity contribution is 0.184. The highest BCUT2D eigenvalue weighted by Gasteiger charge is 2.19. The second-order valence-electron chi connectivity index (χ2n) is 6.72. The molecule has 0 saturated carbocycles. The molecule has 0 aliphatic heterocycles. The molecule has 4 aromatic rings. The summed E-state index contributed by atoms with van der Waals surface area (Å²) in [5.41, 5.74) is -0.0764. The average Bonchev–Trinajstić information content (AvgIpc) is 3.11. The molecule has 30 heavy (non-hydrogen) atoms. The molecule has 0 amide bonds. The third kappa shape index (κ3) is 3.55. The van der Waals surface area contributed by atoms with Gasteiger partial charge in [-0.25, -0.2) is 23.1 Å². The molecule has 9 heteroatoms. The molecular formula is C21H18F2N4O3. The lowest BCUT2D eigenvalue weighted by atomic mass is 10.2. The number of fused-ring (bicyclic) bond motifs is 1. The van der Waals surface area contributed by atoms with Crippen LogP contribution in [0.1, 0.15) is 5.56 Å². The predicted octanol–water partition coefficient (Wildman–Crippen LogP) is 2.32. The van der Waals surface area contributed by atoms with Gasteiger partial charge in [-0.1, -0.05) is 18.2 Å². The summed E-state index contributed by atoms with van der Waals surface area (Å²) in [6.07, 6.45) is 1.41. The van der Waals surface area contributed by atoms with Gasteiger partial charge >= 0.3 is 5.69 Å². The first-order chi connectivity index (χ1) is 14.5. The first-order valence-electron chi connectivity index (χ1n) is 9.19. The van der Waals surface area contributed by atoms with Crippen molar-refractivity contribution in [3.63, 3.8) is 0 Å². The van der Waals surface area contributed by atoms with Crippen molar-refractivity contribution in [1.29, 1.82) is 0 Å². The Bertz CT molecular complexity index is 1340. The van der Waals surface area contributed by atoms with E-state index in [-0.39, 0.29) is 36.5 Å². The third-order valence-corrected chi connectivity index (χ3v) is 4.73. The molecular weight excluding hydrogens is 394 g/mol. The van der Waals surface area contributed by atoms with Gasteiger partial charge in [-0.15, -0.1) is 0 Å². The van der Waals surface area contributed by atoms with Gasteiger partial charge in [0, 0.05) is 13.7 Å². The van der Waals surface area contributed by atoms with E-state index in [1.165, 1.54) is 48.3 Å². The molecule has 2 aromatic carbocycles. The Morgan fingerprint density at radius 2 is 1.77 bits per heavy atom. The average molecular weight is 412 g/mol. The molecule has 0 spiro atoms. The van der Waals surface area contributed by atoms with E-state index in [4.69, 9.17) is 4.74 Å². The lowest BCUT2D eigenvalue weighted by Crippen LogP contribution is -2.41. The van der Waals surface area contributed by atoms with Crippen molar-refractivity contribution in [3.05, 3.63) is 92.9 Å². The Morgan fingerprint density at radius 3 is 2.47 bits per heavy atom. The number of benzene rings is 2. The summed E-state index contributed by atoms with van der Waals surface area (Å²) in [5, 5.41) is 0. The maximum Gasteiger partial charge on any atom is 0.337 e. The number of hydrogen-bond acceptors (Lipinski definition) is 4. The van der Waals surface area contributed by atoms with Crippen LogP contribution >= 0.6 is 0 Å². The maximum atomic E-state index is 13.8. The highest BCUT2D eigenvalue weighted by molar-refractivity contribution is 5.72. The maximum absolute atomic E-state index is 13.8. The Hall–Kier alpha value is -3.59. The fourth-order valence-electron chi connectivity index (χ4n) is 3.36. The summed E-state index contributed by atoms with van der Waals surface area (Å²) in [6, 6.07) is 11.5. The number of imidazole rings is 1. The van der Waals surface area contributed by atoms with Crippen molar-refractivity contribution < 1.29 is 13.5 Å².